The molecule has 0 radical (unpaired) electrons. The van der Waals surface area contributed by atoms with Crippen LogP contribution in [-0.2, 0) is 4.79 Å². The Kier molecular flexibility index (Phi) is 6.66. The molecule has 0 saturated heterocycles. The maximum absolute atomic E-state index is 10.8. The molecule has 92 valence electrons. The molecule has 0 aromatic rings. The maximum atomic E-state index is 10.8. The summed E-state index contributed by atoms with van der Waals surface area (Å²) in [5, 5.41) is 25.1. The molecule has 0 spiro atoms. The molecular weight excluding hydrogens is 208 g/mol. The van der Waals surface area contributed by atoms with Crippen molar-refractivity contribution in [1.82, 2.24) is 21.3 Å². The zero-order valence-corrected chi connectivity index (χ0v) is 9.90. The second-order valence-corrected chi connectivity index (χ2v) is 3.68. The van der Waals surface area contributed by atoms with Gasteiger partial charge in [-0.05, 0) is 5.92 Å². The smallest absolute Gasteiger partial charge is 0.239 e. The van der Waals surface area contributed by atoms with E-state index < -0.39 is 0 Å². The zero-order chi connectivity index (χ0) is 12.6. The zero-order valence-electron chi connectivity index (χ0n) is 9.90. The van der Waals surface area contributed by atoms with E-state index in [1.165, 1.54) is 7.05 Å². The summed E-state index contributed by atoms with van der Waals surface area (Å²) < 4.78 is 0. The van der Waals surface area contributed by atoms with Crippen molar-refractivity contribution in [1.29, 1.82) is 10.8 Å². The highest BCUT2D eigenvalue weighted by atomic mass is 16.1. The molecule has 1 amide bonds. The molecule has 0 rings (SSSR count). The fourth-order valence-electron chi connectivity index (χ4n) is 0.777. The second-order valence-electron chi connectivity index (χ2n) is 3.68. The van der Waals surface area contributed by atoms with Crippen LogP contribution in [0, 0.1) is 16.7 Å². The largest absolute Gasteiger partial charge is 0.358 e. The molecule has 0 heterocycles. The number of rotatable bonds is 4. The van der Waals surface area contributed by atoms with Gasteiger partial charge in [-0.15, -0.1) is 0 Å². The number of likely N-dealkylation sites (N-methyl/N-ethyl adjacent to an activating group) is 1. The summed E-state index contributed by atoms with van der Waals surface area (Å²) in [7, 11) is 1.52. The van der Waals surface area contributed by atoms with Gasteiger partial charge in [-0.3, -0.25) is 20.9 Å². The number of amides is 1. The molecule has 0 aliphatic heterocycles. The lowest BCUT2D eigenvalue weighted by Crippen LogP contribution is -2.48. The highest BCUT2D eigenvalue weighted by molar-refractivity contribution is 5.96. The summed E-state index contributed by atoms with van der Waals surface area (Å²) in [6, 6.07) is 0. The molecule has 0 aliphatic carbocycles. The van der Waals surface area contributed by atoms with Crippen molar-refractivity contribution < 1.29 is 4.79 Å². The number of hydrogen-bond donors (Lipinski definition) is 6. The Labute approximate surface area is 95.4 Å². The Morgan fingerprint density at radius 3 is 2.25 bits per heavy atom. The van der Waals surface area contributed by atoms with Gasteiger partial charge in [0.25, 0.3) is 0 Å². The third-order valence-electron chi connectivity index (χ3n) is 1.64. The number of nitrogens with one attached hydrogen (secondary N) is 6. The van der Waals surface area contributed by atoms with Crippen LogP contribution in [0.5, 0.6) is 0 Å². The lowest BCUT2D eigenvalue weighted by Gasteiger charge is -2.13. The molecule has 0 atom stereocenters. The summed E-state index contributed by atoms with van der Waals surface area (Å²) >= 11 is 0. The second kappa shape index (κ2) is 7.49. The summed E-state index contributed by atoms with van der Waals surface area (Å²) in [4.78, 5) is 10.8. The quantitative estimate of drug-likeness (QED) is 0.274. The van der Waals surface area contributed by atoms with Crippen molar-refractivity contribution in [3.05, 3.63) is 0 Å². The van der Waals surface area contributed by atoms with E-state index in [0.29, 0.717) is 12.5 Å². The Balaban J connectivity index is 3.70. The van der Waals surface area contributed by atoms with E-state index in [-0.39, 0.29) is 24.4 Å². The van der Waals surface area contributed by atoms with Crippen molar-refractivity contribution in [2.75, 3.05) is 20.1 Å². The topological polar surface area (TPSA) is 113 Å². The minimum absolute atomic E-state index is 0.0137. The standard InChI is InChI=1S/C9H20N6O/c1-6(2)4-13-8(10)15-9(11)14-5-7(16)12-3/h6H,4-5H2,1-3H3,(H,12,16)(H5,10,11,13,14,15). The minimum atomic E-state index is -0.215. The number of guanidine groups is 2. The van der Waals surface area contributed by atoms with Crippen molar-refractivity contribution >= 4 is 17.8 Å². The van der Waals surface area contributed by atoms with E-state index in [2.05, 4.69) is 21.3 Å². The fourth-order valence-corrected chi connectivity index (χ4v) is 0.777. The Bertz CT molecular complexity index is 263. The Morgan fingerprint density at radius 2 is 1.75 bits per heavy atom. The summed E-state index contributed by atoms with van der Waals surface area (Å²) in [6.07, 6.45) is 0. The first kappa shape index (κ1) is 14.2. The molecule has 0 aromatic carbocycles. The third-order valence-corrected chi connectivity index (χ3v) is 1.64. The Hall–Kier alpha value is -1.79. The van der Waals surface area contributed by atoms with Crippen molar-refractivity contribution in [3.8, 4) is 0 Å². The predicted octanol–water partition coefficient (Wildman–Crippen LogP) is -0.973. The normalized spacial score (nSPS) is 9.50. The highest BCUT2D eigenvalue weighted by Gasteiger charge is 2.02. The lowest BCUT2D eigenvalue weighted by molar-refractivity contribution is -0.119. The van der Waals surface area contributed by atoms with Crippen LogP contribution >= 0.6 is 0 Å². The first-order chi connectivity index (χ1) is 7.45. The van der Waals surface area contributed by atoms with E-state index in [1.54, 1.807) is 0 Å². The molecular formula is C9H20N6O. The molecule has 0 aliphatic rings. The van der Waals surface area contributed by atoms with Gasteiger partial charge in [0.2, 0.25) is 5.91 Å². The highest BCUT2D eigenvalue weighted by Crippen LogP contribution is 1.85. The summed E-state index contributed by atoms with van der Waals surface area (Å²) in [5.41, 5.74) is 0. The van der Waals surface area contributed by atoms with Crippen LogP contribution in [0.1, 0.15) is 13.8 Å². The van der Waals surface area contributed by atoms with Crippen molar-refractivity contribution in [2.24, 2.45) is 5.92 Å². The number of carbonyl (C=O) groups excluding carboxylic acids is 1. The van der Waals surface area contributed by atoms with Gasteiger partial charge in [0.1, 0.15) is 0 Å². The van der Waals surface area contributed by atoms with Crippen molar-refractivity contribution in [3.63, 3.8) is 0 Å². The molecule has 6 N–H and O–H groups in total. The third kappa shape index (κ3) is 7.60. The molecule has 7 heteroatoms. The molecule has 0 bridgehead atoms. The SMILES string of the molecule is CNC(=O)CNC(=N)NC(=N)NCC(C)C. The van der Waals surface area contributed by atoms with Crippen LogP contribution in [0.3, 0.4) is 0 Å². The van der Waals surface area contributed by atoms with Gasteiger partial charge in [0.15, 0.2) is 11.9 Å². The van der Waals surface area contributed by atoms with Crippen LogP contribution in [-0.4, -0.2) is 38.0 Å². The average molecular weight is 228 g/mol. The molecule has 16 heavy (non-hydrogen) atoms. The van der Waals surface area contributed by atoms with E-state index in [1.807, 2.05) is 13.8 Å². The molecule has 7 nitrogen and oxygen atoms in total. The van der Waals surface area contributed by atoms with Gasteiger partial charge in [0.05, 0.1) is 6.54 Å². The van der Waals surface area contributed by atoms with E-state index in [0.717, 1.165) is 0 Å². The van der Waals surface area contributed by atoms with E-state index in [9.17, 15) is 4.79 Å². The predicted molar refractivity (Wildman–Crippen MR) is 63.5 cm³/mol. The van der Waals surface area contributed by atoms with Gasteiger partial charge in [0, 0.05) is 13.6 Å². The number of hydrogen-bond acceptors (Lipinski definition) is 3. The molecule has 0 fully saturated rings. The molecule has 0 aromatic heterocycles. The fraction of sp³-hybridized carbons (Fsp3) is 0.667. The minimum Gasteiger partial charge on any atom is -0.358 e. The van der Waals surface area contributed by atoms with Gasteiger partial charge in [-0.1, -0.05) is 13.8 Å². The summed E-state index contributed by atoms with van der Waals surface area (Å²) in [5.74, 6) is 0.177. The molecule has 0 saturated carbocycles. The first-order valence-electron chi connectivity index (χ1n) is 5.08. The number of carbonyl (C=O) groups is 1. The van der Waals surface area contributed by atoms with Gasteiger partial charge < -0.3 is 16.0 Å². The maximum Gasteiger partial charge on any atom is 0.239 e. The van der Waals surface area contributed by atoms with Gasteiger partial charge >= 0.3 is 0 Å². The lowest BCUT2D eigenvalue weighted by atomic mass is 10.2. The van der Waals surface area contributed by atoms with Crippen LogP contribution in [0.2, 0.25) is 0 Å². The molecule has 0 unspecified atom stereocenters. The van der Waals surface area contributed by atoms with Crippen LogP contribution in [0.15, 0.2) is 0 Å². The van der Waals surface area contributed by atoms with Gasteiger partial charge in [-0.2, -0.15) is 0 Å². The van der Waals surface area contributed by atoms with Crippen LogP contribution in [0.25, 0.3) is 0 Å². The van der Waals surface area contributed by atoms with E-state index in [4.69, 9.17) is 10.8 Å². The van der Waals surface area contributed by atoms with Gasteiger partial charge in [-0.25, -0.2) is 0 Å². The van der Waals surface area contributed by atoms with E-state index >= 15 is 0 Å². The van der Waals surface area contributed by atoms with Crippen molar-refractivity contribution in [2.45, 2.75) is 13.8 Å². The van der Waals surface area contributed by atoms with Crippen LogP contribution < -0.4 is 21.3 Å². The van der Waals surface area contributed by atoms with Crippen LogP contribution in [0.4, 0.5) is 0 Å². The summed E-state index contributed by atoms with van der Waals surface area (Å²) in [6.45, 7) is 4.72. The first-order valence-corrected chi connectivity index (χ1v) is 5.08. The monoisotopic (exact) mass is 228 g/mol. The Morgan fingerprint density at radius 1 is 1.19 bits per heavy atom. The average Bonchev–Trinajstić information content (AvgIpc) is 2.23.